The summed E-state index contributed by atoms with van der Waals surface area (Å²) in [4.78, 5) is 2.05. The molecular formula is C15H23FN2. The minimum Gasteiger partial charge on any atom is -0.369 e. The molecule has 1 aliphatic heterocycles. The van der Waals surface area contributed by atoms with Gasteiger partial charge in [0.25, 0.3) is 0 Å². The maximum Gasteiger partial charge on any atom is 0.146 e. The molecule has 100 valence electrons. The summed E-state index contributed by atoms with van der Waals surface area (Å²) in [5.74, 6) is -0.136. The molecule has 0 bridgehead atoms. The van der Waals surface area contributed by atoms with Crippen molar-refractivity contribution in [2.24, 2.45) is 0 Å². The standard InChI is InChI=1S/C15H23FN2/c1-12(11-13-7-5-6-10-17-13)18(2)15-9-4-3-8-14(15)16/h3-4,8-9,12-13,17H,5-7,10-11H2,1-2H3. The first-order valence-corrected chi connectivity index (χ1v) is 6.89. The van der Waals surface area contributed by atoms with E-state index in [9.17, 15) is 4.39 Å². The quantitative estimate of drug-likeness (QED) is 0.883. The first-order valence-electron chi connectivity index (χ1n) is 6.89. The van der Waals surface area contributed by atoms with Gasteiger partial charge in [0.15, 0.2) is 0 Å². The van der Waals surface area contributed by atoms with Gasteiger partial charge < -0.3 is 10.2 Å². The smallest absolute Gasteiger partial charge is 0.146 e. The molecule has 0 spiro atoms. The van der Waals surface area contributed by atoms with E-state index in [0.29, 0.717) is 17.8 Å². The van der Waals surface area contributed by atoms with Crippen LogP contribution in [0.5, 0.6) is 0 Å². The Kier molecular flexibility index (Phi) is 4.59. The number of para-hydroxylation sites is 1. The van der Waals surface area contributed by atoms with Crippen LogP contribution in [0.4, 0.5) is 10.1 Å². The van der Waals surface area contributed by atoms with Crippen molar-refractivity contribution in [1.82, 2.24) is 5.32 Å². The second-order valence-electron chi connectivity index (χ2n) is 5.29. The molecule has 1 aromatic carbocycles. The molecule has 2 unspecified atom stereocenters. The molecule has 1 aliphatic rings. The van der Waals surface area contributed by atoms with Gasteiger partial charge in [0.1, 0.15) is 5.82 Å². The number of hydrogen-bond acceptors (Lipinski definition) is 2. The number of halogens is 1. The van der Waals surface area contributed by atoms with Crippen LogP contribution in [0.25, 0.3) is 0 Å². The topological polar surface area (TPSA) is 15.3 Å². The van der Waals surface area contributed by atoms with Crippen LogP contribution in [0, 0.1) is 5.82 Å². The van der Waals surface area contributed by atoms with Crippen molar-refractivity contribution in [3.8, 4) is 0 Å². The molecule has 0 radical (unpaired) electrons. The highest BCUT2D eigenvalue weighted by Gasteiger charge is 2.19. The van der Waals surface area contributed by atoms with Crippen LogP contribution in [-0.4, -0.2) is 25.7 Å². The van der Waals surface area contributed by atoms with Gasteiger partial charge in [0.05, 0.1) is 5.69 Å². The first-order chi connectivity index (χ1) is 8.68. The van der Waals surface area contributed by atoms with Crippen molar-refractivity contribution < 1.29 is 4.39 Å². The van der Waals surface area contributed by atoms with Crippen LogP contribution in [-0.2, 0) is 0 Å². The van der Waals surface area contributed by atoms with E-state index in [4.69, 9.17) is 0 Å². The number of benzene rings is 1. The fraction of sp³-hybridized carbons (Fsp3) is 0.600. The fourth-order valence-corrected chi connectivity index (χ4v) is 2.67. The zero-order chi connectivity index (χ0) is 13.0. The Balaban J connectivity index is 1.95. The van der Waals surface area contributed by atoms with Gasteiger partial charge in [-0.05, 0) is 44.9 Å². The van der Waals surface area contributed by atoms with Gasteiger partial charge in [-0.2, -0.15) is 0 Å². The van der Waals surface area contributed by atoms with Gasteiger partial charge in [0, 0.05) is 19.1 Å². The van der Waals surface area contributed by atoms with Crippen LogP contribution in [0.1, 0.15) is 32.6 Å². The molecule has 1 N–H and O–H groups in total. The average molecular weight is 250 g/mol. The minimum atomic E-state index is -0.136. The second kappa shape index (κ2) is 6.19. The lowest BCUT2D eigenvalue weighted by Gasteiger charge is -2.32. The molecule has 0 amide bonds. The number of nitrogens with zero attached hydrogens (tertiary/aromatic N) is 1. The van der Waals surface area contributed by atoms with Crippen molar-refractivity contribution in [2.45, 2.75) is 44.7 Å². The van der Waals surface area contributed by atoms with Crippen molar-refractivity contribution in [3.05, 3.63) is 30.1 Å². The van der Waals surface area contributed by atoms with E-state index in [1.165, 1.54) is 25.3 Å². The van der Waals surface area contributed by atoms with E-state index in [-0.39, 0.29) is 5.82 Å². The first kappa shape index (κ1) is 13.3. The normalized spacial score (nSPS) is 21.6. The zero-order valence-corrected chi connectivity index (χ0v) is 11.3. The van der Waals surface area contributed by atoms with Gasteiger partial charge in [-0.25, -0.2) is 4.39 Å². The molecule has 2 rings (SSSR count). The van der Waals surface area contributed by atoms with E-state index in [2.05, 4.69) is 12.2 Å². The van der Waals surface area contributed by atoms with E-state index >= 15 is 0 Å². The molecule has 1 aromatic rings. The largest absolute Gasteiger partial charge is 0.369 e. The fourth-order valence-electron chi connectivity index (χ4n) is 2.67. The van der Waals surface area contributed by atoms with Gasteiger partial charge in [-0.3, -0.25) is 0 Å². The predicted octanol–water partition coefficient (Wildman–Crippen LogP) is 3.18. The van der Waals surface area contributed by atoms with E-state index in [1.54, 1.807) is 6.07 Å². The van der Waals surface area contributed by atoms with Crippen LogP contribution in [0.3, 0.4) is 0 Å². The molecule has 3 heteroatoms. The number of anilines is 1. The van der Waals surface area contributed by atoms with Crippen molar-refractivity contribution in [2.75, 3.05) is 18.5 Å². The van der Waals surface area contributed by atoms with Crippen LogP contribution < -0.4 is 10.2 Å². The van der Waals surface area contributed by atoms with E-state index in [1.807, 2.05) is 24.1 Å². The average Bonchev–Trinajstić information content (AvgIpc) is 2.39. The monoisotopic (exact) mass is 250 g/mol. The third kappa shape index (κ3) is 3.22. The van der Waals surface area contributed by atoms with Gasteiger partial charge in [-0.1, -0.05) is 18.6 Å². The van der Waals surface area contributed by atoms with Crippen molar-refractivity contribution in [1.29, 1.82) is 0 Å². The molecule has 1 heterocycles. The number of hydrogen-bond donors (Lipinski definition) is 1. The van der Waals surface area contributed by atoms with Gasteiger partial charge in [-0.15, -0.1) is 0 Å². The third-order valence-electron chi connectivity index (χ3n) is 3.93. The Hall–Kier alpha value is -1.09. The molecule has 2 nitrogen and oxygen atoms in total. The summed E-state index contributed by atoms with van der Waals surface area (Å²) < 4.78 is 13.7. The van der Waals surface area contributed by atoms with Crippen LogP contribution in [0.15, 0.2) is 24.3 Å². The minimum absolute atomic E-state index is 0.136. The molecule has 2 atom stereocenters. The molecule has 0 aliphatic carbocycles. The Morgan fingerprint density at radius 2 is 2.17 bits per heavy atom. The van der Waals surface area contributed by atoms with Crippen LogP contribution in [0.2, 0.25) is 0 Å². The lowest BCUT2D eigenvalue weighted by molar-refractivity contribution is 0.362. The zero-order valence-electron chi connectivity index (χ0n) is 11.3. The second-order valence-corrected chi connectivity index (χ2v) is 5.29. The lowest BCUT2D eigenvalue weighted by atomic mass is 9.98. The molecule has 1 saturated heterocycles. The van der Waals surface area contributed by atoms with E-state index < -0.39 is 0 Å². The van der Waals surface area contributed by atoms with Gasteiger partial charge >= 0.3 is 0 Å². The third-order valence-corrected chi connectivity index (χ3v) is 3.93. The predicted molar refractivity (Wildman–Crippen MR) is 74.5 cm³/mol. The SMILES string of the molecule is CC(CC1CCCCN1)N(C)c1ccccc1F. The Bertz CT molecular complexity index is 375. The molecule has 18 heavy (non-hydrogen) atoms. The van der Waals surface area contributed by atoms with Crippen molar-refractivity contribution in [3.63, 3.8) is 0 Å². The highest BCUT2D eigenvalue weighted by Crippen LogP contribution is 2.22. The number of rotatable bonds is 4. The van der Waals surface area contributed by atoms with Crippen LogP contribution >= 0.6 is 0 Å². The van der Waals surface area contributed by atoms with Gasteiger partial charge in [0.2, 0.25) is 0 Å². The molecule has 0 saturated carbocycles. The highest BCUT2D eigenvalue weighted by molar-refractivity contribution is 5.47. The lowest BCUT2D eigenvalue weighted by Crippen LogP contribution is -2.40. The summed E-state index contributed by atoms with van der Waals surface area (Å²) in [5, 5.41) is 3.55. The summed E-state index contributed by atoms with van der Waals surface area (Å²) in [6.07, 6.45) is 4.92. The summed E-state index contributed by atoms with van der Waals surface area (Å²) in [5.41, 5.74) is 0.695. The maximum atomic E-state index is 13.7. The van der Waals surface area contributed by atoms with E-state index in [0.717, 1.165) is 13.0 Å². The Morgan fingerprint density at radius 1 is 1.39 bits per heavy atom. The summed E-state index contributed by atoms with van der Waals surface area (Å²) in [7, 11) is 1.98. The molecular weight excluding hydrogens is 227 g/mol. The number of nitrogens with one attached hydrogen (secondary N) is 1. The Labute approximate surface area is 109 Å². The van der Waals surface area contributed by atoms with Crippen molar-refractivity contribution >= 4 is 5.69 Å². The Morgan fingerprint density at radius 3 is 2.83 bits per heavy atom. The molecule has 0 aromatic heterocycles. The summed E-state index contributed by atoms with van der Waals surface area (Å²) in [6, 6.07) is 7.93. The maximum absolute atomic E-state index is 13.7. The number of piperidine rings is 1. The summed E-state index contributed by atoms with van der Waals surface area (Å²) >= 11 is 0. The highest BCUT2D eigenvalue weighted by atomic mass is 19.1. The molecule has 1 fully saturated rings. The summed E-state index contributed by atoms with van der Waals surface area (Å²) in [6.45, 7) is 3.30.